The normalized spacial score (nSPS) is 11.1. The van der Waals surface area contributed by atoms with Crippen molar-refractivity contribution in [1.82, 2.24) is 14.5 Å². The maximum atomic E-state index is 13.0. The molecule has 0 aliphatic heterocycles. The van der Waals surface area contributed by atoms with E-state index in [2.05, 4.69) is 4.98 Å². The summed E-state index contributed by atoms with van der Waals surface area (Å²) in [5, 5.41) is 4.34. The van der Waals surface area contributed by atoms with Gasteiger partial charge in [-0.05, 0) is 30.9 Å². The summed E-state index contributed by atoms with van der Waals surface area (Å²) in [4.78, 5) is 45.7. The predicted molar refractivity (Wildman–Crippen MR) is 130 cm³/mol. The quantitative estimate of drug-likeness (QED) is 0.353. The van der Waals surface area contributed by atoms with Crippen LogP contribution < -0.4 is 5.56 Å². The first-order valence-corrected chi connectivity index (χ1v) is 12.2. The number of aromatic nitrogens is 2. The van der Waals surface area contributed by atoms with E-state index in [-0.39, 0.29) is 30.7 Å². The van der Waals surface area contributed by atoms with Gasteiger partial charge in [0, 0.05) is 28.4 Å². The standard InChI is InChI=1S/C24H23N3O4S2/c1-16(2)27(11-17-7-4-3-5-8-17)20(28)13-31-21(29)12-26-15-25-23-22(24(26)30)18(14-33-23)19-9-6-10-32-19/h3-10,14-16H,11-13H2,1-2H3. The molecule has 170 valence electrons. The molecule has 0 saturated carbocycles. The Bertz CT molecular complexity index is 1310. The van der Waals surface area contributed by atoms with Gasteiger partial charge >= 0.3 is 5.97 Å². The van der Waals surface area contributed by atoms with Crippen molar-refractivity contribution in [3.63, 3.8) is 0 Å². The number of nitrogens with zero attached hydrogens (tertiary/aromatic N) is 3. The highest BCUT2D eigenvalue weighted by atomic mass is 32.1. The van der Waals surface area contributed by atoms with Crippen LogP contribution in [0.25, 0.3) is 20.7 Å². The Morgan fingerprint density at radius 3 is 2.61 bits per heavy atom. The van der Waals surface area contributed by atoms with E-state index >= 15 is 0 Å². The lowest BCUT2D eigenvalue weighted by Crippen LogP contribution is -2.39. The number of ether oxygens (including phenoxy) is 1. The summed E-state index contributed by atoms with van der Waals surface area (Å²) in [5.41, 5.74) is 1.50. The zero-order valence-corrected chi connectivity index (χ0v) is 19.9. The van der Waals surface area contributed by atoms with Crippen molar-refractivity contribution in [2.75, 3.05) is 6.61 Å². The van der Waals surface area contributed by atoms with Crippen LogP contribution in [0, 0.1) is 0 Å². The summed E-state index contributed by atoms with van der Waals surface area (Å²) >= 11 is 2.93. The van der Waals surface area contributed by atoms with E-state index in [1.165, 1.54) is 33.6 Å². The van der Waals surface area contributed by atoms with Crippen LogP contribution in [0.5, 0.6) is 0 Å². The predicted octanol–water partition coefficient (Wildman–Crippen LogP) is 4.17. The lowest BCUT2D eigenvalue weighted by molar-refractivity contribution is -0.153. The van der Waals surface area contributed by atoms with Gasteiger partial charge in [0.05, 0.1) is 11.7 Å². The van der Waals surface area contributed by atoms with Crippen LogP contribution in [0.1, 0.15) is 19.4 Å². The average Bonchev–Trinajstić information content (AvgIpc) is 3.48. The first kappa shape index (κ1) is 22.9. The van der Waals surface area contributed by atoms with E-state index in [1.807, 2.05) is 67.1 Å². The van der Waals surface area contributed by atoms with Crippen LogP contribution in [-0.2, 0) is 27.4 Å². The van der Waals surface area contributed by atoms with Crippen LogP contribution in [0.15, 0.2) is 64.3 Å². The molecule has 0 spiro atoms. The van der Waals surface area contributed by atoms with Crippen LogP contribution in [0.4, 0.5) is 0 Å². The van der Waals surface area contributed by atoms with Crippen molar-refractivity contribution in [2.24, 2.45) is 0 Å². The van der Waals surface area contributed by atoms with Gasteiger partial charge in [0.1, 0.15) is 11.4 Å². The lowest BCUT2D eigenvalue weighted by atomic mass is 10.2. The first-order valence-electron chi connectivity index (χ1n) is 10.4. The highest BCUT2D eigenvalue weighted by Gasteiger charge is 2.20. The number of hydrogen-bond acceptors (Lipinski definition) is 7. The summed E-state index contributed by atoms with van der Waals surface area (Å²) in [7, 11) is 0. The SMILES string of the molecule is CC(C)N(Cc1ccccc1)C(=O)COC(=O)Cn1cnc2scc(-c3cccs3)c2c1=O. The fourth-order valence-corrected chi connectivity index (χ4v) is 5.16. The Morgan fingerprint density at radius 2 is 1.91 bits per heavy atom. The smallest absolute Gasteiger partial charge is 0.326 e. The molecule has 0 saturated heterocycles. The molecule has 1 amide bonds. The number of benzene rings is 1. The summed E-state index contributed by atoms with van der Waals surface area (Å²) in [6.07, 6.45) is 1.35. The number of fused-ring (bicyclic) bond motifs is 1. The zero-order valence-electron chi connectivity index (χ0n) is 18.3. The van der Waals surface area contributed by atoms with E-state index in [4.69, 9.17) is 4.74 Å². The van der Waals surface area contributed by atoms with Gasteiger partial charge < -0.3 is 9.64 Å². The molecule has 0 radical (unpaired) electrons. The third-order valence-corrected chi connectivity index (χ3v) is 6.93. The minimum absolute atomic E-state index is 0.0556. The van der Waals surface area contributed by atoms with Crippen LogP contribution in [0.2, 0.25) is 0 Å². The molecule has 0 N–H and O–H groups in total. The van der Waals surface area contributed by atoms with Gasteiger partial charge in [-0.15, -0.1) is 22.7 Å². The molecule has 9 heteroatoms. The number of esters is 1. The second kappa shape index (κ2) is 10.1. The van der Waals surface area contributed by atoms with Gasteiger partial charge in [-0.2, -0.15) is 0 Å². The molecule has 7 nitrogen and oxygen atoms in total. The number of amides is 1. The van der Waals surface area contributed by atoms with Crippen molar-refractivity contribution >= 4 is 44.8 Å². The Labute approximate surface area is 198 Å². The number of carbonyl (C=O) groups is 2. The molecule has 3 aromatic heterocycles. The number of hydrogen-bond donors (Lipinski definition) is 0. The molecule has 0 aliphatic rings. The summed E-state index contributed by atoms with van der Waals surface area (Å²) < 4.78 is 6.44. The van der Waals surface area contributed by atoms with Gasteiger partial charge in [-0.3, -0.25) is 19.0 Å². The van der Waals surface area contributed by atoms with Gasteiger partial charge in [0.25, 0.3) is 11.5 Å². The van der Waals surface area contributed by atoms with Gasteiger partial charge in [0.15, 0.2) is 6.61 Å². The van der Waals surface area contributed by atoms with Crippen molar-refractivity contribution in [3.05, 3.63) is 75.5 Å². The Morgan fingerprint density at radius 1 is 1.12 bits per heavy atom. The fraction of sp³-hybridized carbons (Fsp3) is 0.250. The monoisotopic (exact) mass is 481 g/mol. The molecular weight excluding hydrogens is 458 g/mol. The fourth-order valence-electron chi connectivity index (χ4n) is 3.44. The number of rotatable bonds is 8. The van der Waals surface area contributed by atoms with E-state index in [0.29, 0.717) is 16.8 Å². The molecule has 0 unspecified atom stereocenters. The highest BCUT2D eigenvalue weighted by molar-refractivity contribution is 7.18. The number of thiophene rings is 2. The minimum atomic E-state index is -0.664. The van der Waals surface area contributed by atoms with Crippen LogP contribution in [0.3, 0.4) is 0 Å². The van der Waals surface area contributed by atoms with Gasteiger partial charge in [0.2, 0.25) is 0 Å². The maximum absolute atomic E-state index is 13.0. The topological polar surface area (TPSA) is 81.5 Å². The Kier molecular flexibility index (Phi) is 7.00. The molecule has 1 aromatic carbocycles. The van der Waals surface area contributed by atoms with Crippen molar-refractivity contribution < 1.29 is 14.3 Å². The largest absolute Gasteiger partial charge is 0.454 e. The van der Waals surface area contributed by atoms with Crippen LogP contribution >= 0.6 is 22.7 Å². The number of carbonyl (C=O) groups excluding carboxylic acids is 2. The van der Waals surface area contributed by atoms with Gasteiger partial charge in [-0.1, -0.05) is 36.4 Å². The lowest BCUT2D eigenvalue weighted by Gasteiger charge is -2.26. The molecule has 0 bridgehead atoms. The van der Waals surface area contributed by atoms with Crippen molar-refractivity contribution in [2.45, 2.75) is 33.0 Å². The first-order chi connectivity index (χ1) is 15.9. The second-order valence-electron chi connectivity index (χ2n) is 7.75. The average molecular weight is 482 g/mol. The van der Waals surface area contributed by atoms with Crippen molar-refractivity contribution in [3.8, 4) is 10.4 Å². The van der Waals surface area contributed by atoms with E-state index in [0.717, 1.165) is 16.0 Å². The van der Waals surface area contributed by atoms with E-state index in [1.54, 1.807) is 4.90 Å². The molecular formula is C24H23N3O4S2. The maximum Gasteiger partial charge on any atom is 0.326 e. The highest BCUT2D eigenvalue weighted by Crippen LogP contribution is 2.33. The summed E-state index contributed by atoms with van der Waals surface area (Å²) in [6.45, 7) is 3.56. The Balaban J connectivity index is 1.43. The summed E-state index contributed by atoms with van der Waals surface area (Å²) in [5.74, 6) is -0.955. The molecule has 4 aromatic rings. The van der Waals surface area contributed by atoms with Gasteiger partial charge in [-0.25, -0.2) is 4.98 Å². The van der Waals surface area contributed by atoms with Crippen molar-refractivity contribution in [1.29, 1.82) is 0 Å². The molecule has 3 heterocycles. The van der Waals surface area contributed by atoms with Crippen LogP contribution in [-0.4, -0.2) is 39.0 Å². The molecule has 0 aliphatic carbocycles. The van der Waals surface area contributed by atoms with E-state index in [9.17, 15) is 14.4 Å². The minimum Gasteiger partial charge on any atom is -0.454 e. The Hall–Kier alpha value is -3.30. The second-order valence-corrected chi connectivity index (χ2v) is 9.55. The molecule has 33 heavy (non-hydrogen) atoms. The summed E-state index contributed by atoms with van der Waals surface area (Å²) in [6, 6.07) is 13.4. The van der Waals surface area contributed by atoms with E-state index < -0.39 is 5.97 Å². The molecule has 4 rings (SSSR count). The third kappa shape index (κ3) is 5.20. The zero-order chi connectivity index (χ0) is 23.4. The molecule has 0 fully saturated rings. The third-order valence-electron chi connectivity index (χ3n) is 5.14. The molecule has 0 atom stereocenters.